The van der Waals surface area contributed by atoms with Crippen molar-refractivity contribution in [1.29, 1.82) is 0 Å². The lowest BCUT2D eigenvalue weighted by molar-refractivity contribution is -0.141. The summed E-state index contributed by atoms with van der Waals surface area (Å²) in [7, 11) is 0. The fourth-order valence-corrected chi connectivity index (χ4v) is 12.7. The molecule has 1 saturated carbocycles. The summed E-state index contributed by atoms with van der Waals surface area (Å²) in [6.45, 7) is 12.3. The molecule has 5 fully saturated rings. The lowest BCUT2D eigenvalue weighted by Crippen LogP contribution is -2.54. The molecule has 2 amide bonds. The van der Waals surface area contributed by atoms with Gasteiger partial charge in [0.05, 0.1) is 51.8 Å². The molecule has 4 saturated heterocycles. The molecule has 19 nitrogen and oxygen atoms in total. The van der Waals surface area contributed by atoms with Crippen LogP contribution in [0.2, 0.25) is 0 Å². The molecule has 5 N–H and O–H groups in total. The molecule has 0 radical (unpaired) electrons. The van der Waals surface area contributed by atoms with Gasteiger partial charge in [0.1, 0.15) is 30.4 Å². The number of aryl methyl sites for hydroxylation is 1. The number of hydrogen-bond donors (Lipinski definition) is 4. The highest BCUT2D eigenvalue weighted by molar-refractivity contribution is 7.13. The number of aliphatic hydroxyl groups is 1. The number of carbonyl (C=O) groups excluding carboxylic acids is 2. The number of para-hydroxylation sites is 1. The van der Waals surface area contributed by atoms with E-state index >= 15 is 0 Å². The number of rotatable bonds is 18. The van der Waals surface area contributed by atoms with Crippen LogP contribution >= 0.6 is 11.3 Å². The lowest BCUT2D eigenvalue weighted by atomic mass is 9.91. The summed E-state index contributed by atoms with van der Waals surface area (Å²) in [6, 6.07) is 22.4. The highest BCUT2D eigenvalue weighted by Crippen LogP contribution is 2.41. The van der Waals surface area contributed by atoms with Crippen LogP contribution in [0.25, 0.3) is 21.7 Å². The number of nitrogens with one attached hydrogen (secondary N) is 1. The Morgan fingerprint density at radius 2 is 1.65 bits per heavy atom. The average Bonchev–Trinajstić information content (AvgIpc) is 4.22. The Hall–Kier alpha value is -6.87. The molecule has 2 aromatic carbocycles. The number of ether oxygens (including phenoxy) is 3. The second-order valence-corrected chi connectivity index (χ2v) is 22.6. The van der Waals surface area contributed by atoms with Crippen molar-refractivity contribution in [1.82, 2.24) is 40.4 Å². The quantitative estimate of drug-likeness (QED) is 0.0669. The standard InChI is InChI=1S/C57H69N11O8S/c1-33(2)53(57(72)67-31-41(69)24-48(67)56(71)61-34(3)36-9-11-37(12-10-36)54-35(4)60-32-77-54)50-28-52(64-76-50)73-22-21-65-19-16-42(17-20-65)74-43-25-44(26-43)75-51-23-38(15-18-59-51)68-39-13-14-40(68)30-66(29-39)47-27-46(62-63-55(47)58)45-7-5-6-8-49(45)70/h5-12,15,18,23,27-28,32-34,39-44,48,53,69-70H,13-14,16-17,19-22,24-26,29-31H2,1-4H3,(H2,58,63)(H,61,71)/t34-,39+,40?,41-,43?,44?,48-,53+/m0/s1. The van der Waals surface area contributed by atoms with Crippen LogP contribution in [0, 0.1) is 12.8 Å². The van der Waals surface area contributed by atoms with E-state index in [1.165, 1.54) is 4.90 Å². The Kier molecular flexibility index (Phi) is 15.3. The second kappa shape index (κ2) is 22.6. The number of hydrogen-bond acceptors (Lipinski definition) is 18. The third kappa shape index (κ3) is 11.4. The Labute approximate surface area is 452 Å². The molecule has 1 unspecified atom stereocenters. The number of anilines is 3. The number of phenols is 1. The largest absolute Gasteiger partial charge is 0.507 e. The topological polar surface area (TPSA) is 231 Å². The molecule has 5 aliphatic rings. The number of piperidine rings is 1. The van der Waals surface area contributed by atoms with Crippen LogP contribution in [-0.4, -0.2) is 146 Å². The maximum Gasteiger partial charge on any atom is 0.254 e. The number of benzene rings is 2. The van der Waals surface area contributed by atoms with Crippen LogP contribution in [-0.2, 0) is 14.3 Å². The predicted molar refractivity (Wildman–Crippen MR) is 292 cm³/mol. The van der Waals surface area contributed by atoms with Crippen molar-refractivity contribution in [3.05, 3.63) is 102 Å². The molecule has 6 atom stereocenters. The molecule has 11 rings (SSSR count). The number of nitrogens with two attached hydrogens (primary N) is 1. The van der Waals surface area contributed by atoms with Gasteiger partial charge >= 0.3 is 0 Å². The van der Waals surface area contributed by atoms with Crippen LogP contribution in [0.3, 0.4) is 0 Å². The van der Waals surface area contributed by atoms with Crippen molar-refractivity contribution in [2.45, 2.75) is 127 Å². The number of aromatic nitrogens is 5. The van der Waals surface area contributed by atoms with Crippen molar-refractivity contribution in [2.24, 2.45) is 5.92 Å². The van der Waals surface area contributed by atoms with E-state index < -0.39 is 18.1 Å². The van der Waals surface area contributed by atoms with Crippen molar-refractivity contribution >= 4 is 40.3 Å². The van der Waals surface area contributed by atoms with Crippen molar-refractivity contribution in [3.8, 4) is 39.2 Å². The Morgan fingerprint density at radius 1 is 0.883 bits per heavy atom. The number of β-amino-alcohol motifs (C(OH)–C–C–N with tert-alkyl or cyclic N) is 1. The fourth-order valence-electron chi connectivity index (χ4n) is 11.9. The van der Waals surface area contributed by atoms with E-state index in [0.29, 0.717) is 47.7 Å². The molecule has 8 heterocycles. The number of piperazine rings is 1. The third-order valence-corrected chi connectivity index (χ3v) is 17.1. The van der Waals surface area contributed by atoms with E-state index in [4.69, 9.17) is 24.5 Å². The molecular weight excluding hydrogens is 999 g/mol. The van der Waals surface area contributed by atoms with Gasteiger partial charge in [0, 0.05) is 100 Å². The molecule has 4 aliphatic heterocycles. The number of nitrogen functional groups attached to an aromatic ring is 1. The van der Waals surface area contributed by atoms with Gasteiger partial charge in [-0.25, -0.2) is 9.97 Å². The lowest BCUT2D eigenvalue weighted by Gasteiger charge is -2.43. The number of fused-ring (bicyclic) bond motifs is 2. The minimum absolute atomic E-state index is 0.0528. The van der Waals surface area contributed by atoms with Gasteiger partial charge in [-0.1, -0.05) is 50.2 Å². The molecule has 4 aromatic heterocycles. The van der Waals surface area contributed by atoms with Gasteiger partial charge in [-0.15, -0.1) is 21.5 Å². The first-order chi connectivity index (χ1) is 37.3. The van der Waals surface area contributed by atoms with Gasteiger partial charge < -0.3 is 54.7 Å². The summed E-state index contributed by atoms with van der Waals surface area (Å²) >= 11 is 1.59. The van der Waals surface area contributed by atoms with E-state index in [2.05, 4.69) is 57.5 Å². The minimum atomic E-state index is -0.830. The van der Waals surface area contributed by atoms with Crippen LogP contribution in [0.4, 0.5) is 17.2 Å². The van der Waals surface area contributed by atoms with E-state index in [-0.39, 0.29) is 72.9 Å². The molecule has 20 heteroatoms. The maximum atomic E-state index is 14.2. The SMILES string of the molecule is Cc1ncsc1-c1ccc([C@H](C)NC(=O)[C@@H]2C[C@H](O)CN2C(=O)[C@@H](c2cc(OCCN3CCC(OC4CC(Oc5cc(N6C7CC[C@@H]6CN(c6cc(-c8ccccc8O)nnc6N)C7)ccn5)C4)CC3)no2)C(C)C)cc1. The van der Waals surface area contributed by atoms with Gasteiger partial charge in [0.25, 0.3) is 5.88 Å². The predicted octanol–water partition coefficient (Wildman–Crippen LogP) is 7.15. The van der Waals surface area contributed by atoms with Crippen LogP contribution in [0.15, 0.2) is 89.0 Å². The van der Waals surface area contributed by atoms with Gasteiger partial charge in [0.15, 0.2) is 11.6 Å². The Morgan fingerprint density at radius 3 is 2.38 bits per heavy atom. The number of carbonyl (C=O) groups is 2. The monoisotopic (exact) mass is 1070 g/mol. The number of aliphatic hydroxyl groups excluding tert-OH is 1. The molecular formula is C57H69N11O8S. The van der Waals surface area contributed by atoms with Crippen LogP contribution in [0.5, 0.6) is 17.5 Å². The molecule has 6 aromatic rings. The Bertz CT molecular complexity index is 3000. The normalized spacial score (nSPS) is 23.5. The molecule has 2 bridgehead atoms. The van der Waals surface area contributed by atoms with E-state index in [1.807, 2.05) is 81.9 Å². The van der Waals surface area contributed by atoms with Crippen molar-refractivity contribution in [3.63, 3.8) is 0 Å². The van der Waals surface area contributed by atoms with E-state index in [9.17, 15) is 19.8 Å². The summed E-state index contributed by atoms with van der Waals surface area (Å²) in [4.78, 5) is 46.7. The first kappa shape index (κ1) is 52.2. The van der Waals surface area contributed by atoms with Gasteiger partial charge in [-0.2, -0.15) is 0 Å². The van der Waals surface area contributed by atoms with Gasteiger partial charge in [-0.3, -0.25) is 14.5 Å². The van der Waals surface area contributed by atoms with Crippen LogP contribution in [0.1, 0.15) is 94.7 Å². The van der Waals surface area contributed by atoms with Gasteiger partial charge in [-0.05, 0) is 86.0 Å². The fraction of sp³-hybridized carbons (Fsp3) is 0.491. The molecule has 406 valence electrons. The zero-order chi connectivity index (χ0) is 53.3. The van der Waals surface area contributed by atoms with Crippen LogP contribution < -0.4 is 30.3 Å². The summed E-state index contributed by atoms with van der Waals surface area (Å²) in [5, 5.41) is 37.0. The Balaban J connectivity index is 0.601. The molecule has 0 spiro atoms. The summed E-state index contributed by atoms with van der Waals surface area (Å²) in [6.07, 6.45) is 7.23. The van der Waals surface area contributed by atoms with Crippen molar-refractivity contribution in [2.75, 3.05) is 61.4 Å². The number of likely N-dealkylation sites (tertiary alicyclic amines) is 2. The highest BCUT2D eigenvalue weighted by atomic mass is 32.1. The smallest absolute Gasteiger partial charge is 0.254 e. The number of phenolic OH excluding ortho intramolecular Hbond substituents is 1. The number of nitrogens with zero attached hydrogens (tertiary/aromatic N) is 9. The highest BCUT2D eigenvalue weighted by Gasteiger charge is 2.45. The number of amides is 2. The maximum absolute atomic E-state index is 14.2. The summed E-state index contributed by atoms with van der Waals surface area (Å²) in [5.74, 6) is 0.338. The zero-order valence-electron chi connectivity index (χ0n) is 44.1. The molecule has 1 aliphatic carbocycles. The summed E-state index contributed by atoms with van der Waals surface area (Å²) in [5.41, 5.74) is 14.4. The van der Waals surface area contributed by atoms with E-state index in [0.717, 1.165) is 97.8 Å². The first-order valence-electron chi connectivity index (χ1n) is 27.2. The minimum Gasteiger partial charge on any atom is -0.507 e. The first-order valence-corrected chi connectivity index (χ1v) is 28.0. The van der Waals surface area contributed by atoms with E-state index in [1.54, 1.807) is 29.5 Å². The number of thiazole rings is 1. The van der Waals surface area contributed by atoms with Crippen molar-refractivity contribution < 1.29 is 38.5 Å². The summed E-state index contributed by atoms with van der Waals surface area (Å²) < 4.78 is 24.8. The average molecular weight is 1070 g/mol. The number of pyridine rings is 1. The zero-order valence-corrected chi connectivity index (χ0v) is 44.9. The number of aromatic hydroxyl groups is 1. The van der Waals surface area contributed by atoms with Gasteiger partial charge in [0.2, 0.25) is 17.7 Å². The second-order valence-electron chi connectivity index (χ2n) is 21.7. The molecule has 77 heavy (non-hydrogen) atoms. The third-order valence-electron chi connectivity index (χ3n) is 16.1.